The molecule has 1 aromatic heterocycles. The molecule has 0 spiro atoms. The minimum atomic E-state index is 0.0501. The molecule has 1 fully saturated rings. The van der Waals surface area contributed by atoms with Crippen LogP contribution in [0.15, 0.2) is 24.5 Å². The van der Waals surface area contributed by atoms with E-state index in [1.54, 1.807) is 12.4 Å². The van der Waals surface area contributed by atoms with Gasteiger partial charge in [-0.1, -0.05) is 13.0 Å². The molecule has 0 radical (unpaired) electrons. The van der Waals surface area contributed by atoms with Crippen molar-refractivity contribution in [2.24, 2.45) is 5.92 Å². The van der Waals surface area contributed by atoms with E-state index in [1.807, 2.05) is 17.0 Å². The van der Waals surface area contributed by atoms with Gasteiger partial charge in [-0.05, 0) is 43.2 Å². The fraction of sp³-hybridized carbons (Fsp3) is 0.647. The van der Waals surface area contributed by atoms with Crippen LogP contribution in [0, 0.1) is 5.92 Å². The van der Waals surface area contributed by atoms with Gasteiger partial charge in [-0.25, -0.2) is 0 Å². The number of aliphatic hydroxyl groups is 1. The van der Waals surface area contributed by atoms with Gasteiger partial charge in [-0.2, -0.15) is 0 Å². The second-order valence-corrected chi connectivity index (χ2v) is 6.32. The van der Waals surface area contributed by atoms with Gasteiger partial charge in [-0.3, -0.25) is 14.7 Å². The molecule has 1 aliphatic rings. The molecule has 5 heteroatoms. The Labute approximate surface area is 132 Å². The minimum absolute atomic E-state index is 0.0501. The van der Waals surface area contributed by atoms with E-state index in [9.17, 15) is 9.90 Å². The largest absolute Gasteiger partial charge is 0.395 e. The molecule has 0 atom stereocenters. The molecule has 1 saturated carbocycles. The van der Waals surface area contributed by atoms with Crippen LogP contribution in [-0.2, 0) is 11.3 Å². The molecule has 1 heterocycles. The Kier molecular flexibility index (Phi) is 6.80. The zero-order valence-electron chi connectivity index (χ0n) is 13.4. The van der Waals surface area contributed by atoms with E-state index in [2.05, 4.69) is 17.2 Å². The van der Waals surface area contributed by atoms with Gasteiger partial charge in [0.1, 0.15) is 0 Å². The summed E-state index contributed by atoms with van der Waals surface area (Å²) >= 11 is 0. The third kappa shape index (κ3) is 5.73. The Morgan fingerprint density at radius 2 is 2.18 bits per heavy atom. The Bertz CT molecular complexity index is 444. The van der Waals surface area contributed by atoms with Crippen molar-refractivity contribution in [2.75, 3.05) is 19.7 Å². The fourth-order valence-corrected chi connectivity index (χ4v) is 2.99. The van der Waals surface area contributed by atoms with Gasteiger partial charge in [0.25, 0.3) is 0 Å². The summed E-state index contributed by atoms with van der Waals surface area (Å²) in [7, 11) is 0. The number of nitrogens with one attached hydrogen (secondary N) is 1. The predicted molar refractivity (Wildman–Crippen MR) is 86.2 cm³/mol. The topological polar surface area (TPSA) is 65.5 Å². The fourth-order valence-electron chi connectivity index (χ4n) is 2.99. The highest BCUT2D eigenvalue weighted by Gasteiger charge is 2.20. The quantitative estimate of drug-likeness (QED) is 0.802. The van der Waals surface area contributed by atoms with Crippen molar-refractivity contribution >= 4 is 5.91 Å². The highest BCUT2D eigenvalue weighted by atomic mass is 16.3. The summed E-state index contributed by atoms with van der Waals surface area (Å²) in [6, 6.07) is 4.19. The first-order valence-electron chi connectivity index (χ1n) is 8.19. The molecule has 0 aromatic carbocycles. The molecular weight excluding hydrogens is 278 g/mol. The van der Waals surface area contributed by atoms with E-state index in [4.69, 9.17) is 0 Å². The van der Waals surface area contributed by atoms with Gasteiger partial charge in [0, 0.05) is 31.5 Å². The average molecular weight is 305 g/mol. The van der Waals surface area contributed by atoms with Gasteiger partial charge >= 0.3 is 0 Å². The molecule has 0 aliphatic heterocycles. The molecule has 0 unspecified atom stereocenters. The van der Waals surface area contributed by atoms with Crippen LogP contribution in [0.1, 0.15) is 38.2 Å². The van der Waals surface area contributed by atoms with Crippen LogP contribution >= 0.6 is 0 Å². The van der Waals surface area contributed by atoms with Crippen LogP contribution in [0.25, 0.3) is 0 Å². The number of hydrogen-bond acceptors (Lipinski definition) is 4. The van der Waals surface area contributed by atoms with Crippen LogP contribution in [0.4, 0.5) is 0 Å². The lowest BCUT2D eigenvalue weighted by atomic mass is 9.87. The molecule has 1 aliphatic carbocycles. The van der Waals surface area contributed by atoms with Gasteiger partial charge in [0.05, 0.1) is 13.2 Å². The number of carbonyl (C=O) groups is 1. The highest BCUT2D eigenvalue weighted by Crippen LogP contribution is 2.23. The minimum Gasteiger partial charge on any atom is -0.395 e. The molecule has 5 nitrogen and oxygen atoms in total. The maximum absolute atomic E-state index is 12.2. The Balaban J connectivity index is 1.80. The van der Waals surface area contributed by atoms with Crippen molar-refractivity contribution in [3.63, 3.8) is 0 Å². The van der Waals surface area contributed by atoms with Crippen molar-refractivity contribution in [3.05, 3.63) is 30.1 Å². The molecule has 2 rings (SSSR count). The van der Waals surface area contributed by atoms with Crippen molar-refractivity contribution < 1.29 is 9.90 Å². The predicted octanol–water partition coefficient (Wildman–Crippen LogP) is 1.57. The number of hydrogen-bond donors (Lipinski definition) is 2. The third-order valence-electron chi connectivity index (χ3n) is 4.29. The van der Waals surface area contributed by atoms with Crippen molar-refractivity contribution in [2.45, 2.75) is 45.2 Å². The first-order valence-corrected chi connectivity index (χ1v) is 8.19. The standard InChI is InChI=1S/C17H27N3O2/c1-14-4-6-16(7-5-14)19-17(22)13-20(9-10-21)12-15-3-2-8-18-11-15/h2-3,8,11,14,16,21H,4-7,9-10,12-13H2,1H3,(H,19,22). The van der Waals surface area contributed by atoms with Crippen molar-refractivity contribution in [1.29, 1.82) is 0 Å². The second-order valence-electron chi connectivity index (χ2n) is 6.32. The number of aliphatic hydroxyl groups excluding tert-OH is 1. The number of pyridine rings is 1. The second kappa shape index (κ2) is 8.86. The first kappa shape index (κ1) is 16.9. The molecular formula is C17H27N3O2. The van der Waals surface area contributed by atoms with Gasteiger partial charge in [-0.15, -0.1) is 0 Å². The van der Waals surface area contributed by atoms with Crippen LogP contribution in [-0.4, -0.2) is 46.6 Å². The maximum Gasteiger partial charge on any atom is 0.234 e. The van der Waals surface area contributed by atoms with Crippen molar-refractivity contribution in [3.8, 4) is 0 Å². The molecule has 2 N–H and O–H groups in total. The lowest BCUT2D eigenvalue weighted by Crippen LogP contribution is -2.43. The number of rotatable bonds is 7. The molecule has 0 saturated heterocycles. The van der Waals surface area contributed by atoms with Crippen LogP contribution in [0.5, 0.6) is 0 Å². The van der Waals surface area contributed by atoms with E-state index >= 15 is 0 Å². The van der Waals surface area contributed by atoms with Crippen LogP contribution in [0.2, 0.25) is 0 Å². The monoisotopic (exact) mass is 305 g/mol. The number of carbonyl (C=O) groups excluding carboxylic acids is 1. The van der Waals surface area contributed by atoms with E-state index in [0.29, 0.717) is 25.7 Å². The Hall–Kier alpha value is -1.46. The maximum atomic E-state index is 12.2. The number of aromatic nitrogens is 1. The molecule has 22 heavy (non-hydrogen) atoms. The summed E-state index contributed by atoms with van der Waals surface area (Å²) in [6.45, 7) is 3.76. The Morgan fingerprint density at radius 3 is 2.82 bits per heavy atom. The average Bonchev–Trinajstić information content (AvgIpc) is 2.51. The molecule has 1 aromatic rings. The zero-order chi connectivity index (χ0) is 15.8. The van der Waals surface area contributed by atoms with Crippen LogP contribution < -0.4 is 5.32 Å². The smallest absolute Gasteiger partial charge is 0.234 e. The number of amides is 1. The molecule has 1 amide bonds. The highest BCUT2D eigenvalue weighted by molar-refractivity contribution is 5.78. The van der Waals surface area contributed by atoms with Crippen molar-refractivity contribution in [1.82, 2.24) is 15.2 Å². The zero-order valence-corrected chi connectivity index (χ0v) is 13.4. The first-order chi connectivity index (χ1) is 10.7. The van der Waals surface area contributed by atoms with E-state index < -0.39 is 0 Å². The summed E-state index contributed by atoms with van der Waals surface area (Å²) in [5.74, 6) is 0.835. The van der Waals surface area contributed by atoms with Gasteiger partial charge in [0.15, 0.2) is 0 Å². The number of nitrogens with zero attached hydrogens (tertiary/aromatic N) is 2. The van der Waals surface area contributed by atoms with Gasteiger partial charge in [0.2, 0.25) is 5.91 Å². The third-order valence-corrected chi connectivity index (χ3v) is 4.29. The lowest BCUT2D eigenvalue weighted by molar-refractivity contribution is -0.123. The van der Waals surface area contributed by atoms with Gasteiger partial charge < -0.3 is 10.4 Å². The summed E-state index contributed by atoms with van der Waals surface area (Å²) < 4.78 is 0. The van der Waals surface area contributed by atoms with E-state index in [0.717, 1.165) is 24.3 Å². The van der Waals surface area contributed by atoms with E-state index in [1.165, 1.54) is 12.8 Å². The SMILES string of the molecule is CC1CCC(NC(=O)CN(CCO)Cc2cccnc2)CC1. The van der Waals surface area contributed by atoms with E-state index in [-0.39, 0.29) is 12.5 Å². The molecule has 0 bridgehead atoms. The molecule has 122 valence electrons. The summed E-state index contributed by atoms with van der Waals surface area (Å²) in [5, 5.41) is 12.3. The van der Waals surface area contributed by atoms with Crippen LogP contribution in [0.3, 0.4) is 0 Å². The summed E-state index contributed by atoms with van der Waals surface area (Å²) in [4.78, 5) is 18.3. The Morgan fingerprint density at radius 1 is 1.41 bits per heavy atom. The summed E-state index contributed by atoms with van der Waals surface area (Å²) in [5.41, 5.74) is 1.05. The lowest BCUT2D eigenvalue weighted by Gasteiger charge is -2.28. The normalized spacial score (nSPS) is 21.8. The summed E-state index contributed by atoms with van der Waals surface area (Å²) in [6.07, 6.45) is 8.08.